The van der Waals surface area contributed by atoms with Gasteiger partial charge < -0.3 is 9.84 Å². The van der Waals surface area contributed by atoms with Gasteiger partial charge in [-0.2, -0.15) is 0 Å². The molecule has 1 fully saturated rings. The minimum absolute atomic E-state index is 0.0422. The molecule has 0 spiro atoms. The van der Waals surface area contributed by atoms with E-state index in [0.29, 0.717) is 6.42 Å². The van der Waals surface area contributed by atoms with Crippen LogP contribution >= 0.6 is 0 Å². The summed E-state index contributed by atoms with van der Waals surface area (Å²) >= 11 is 0. The first-order valence-electron chi connectivity index (χ1n) is 8.42. The third-order valence-electron chi connectivity index (χ3n) is 4.21. The molecule has 0 radical (unpaired) electrons. The molecule has 1 rings (SSSR count). The molecule has 5 nitrogen and oxygen atoms in total. The second-order valence-corrected chi connectivity index (χ2v) is 6.17. The molecule has 1 aliphatic heterocycles. The number of carboxylic acids is 1. The molecule has 0 aromatic rings. The average Bonchev–Trinajstić information content (AvgIpc) is 2.52. The van der Waals surface area contributed by atoms with E-state index in [0.717, 1.165) is 32.1 Å². The molecule has 132 valence electrons. The first kappa shape index (κ1) is 19.9. The second-order valence-electron chi connectivity index (χ2n) is 6.17. The lowest BCUT2D eigenvalue weighted by Crippen LogP contribution is -2.46. The number of carbonyl (C=O) groups is 1. The molecular weight excluding hydrogens is 296 g/mol. The summed E-state index contributed by atoms with van der Waals surface area (Å²) < 4.78 is 5.54. The van der Waals surface area contributed by atoms with Gasteiger partial charge in [-0.1, -0.05) is 37.6 Å². The van der Waals surface area contributed by atoms with Gasteiger partial charge in [0.15, 0.2) is 0 Å². The number of unbranched alkanes of at least 4 members (excludes halogenated alkanes) is 3. The Labute approximate surface area is 139 Å². The molecule has 5 heteroatoms. The monoisotopic (exact) mass is 326 g/mol. The van der Waals surface area contributed by atoms with Crippen LogP contribution in [0.15, 0.2) is 24.3 Å². The van der Waals surface area contributed by atoms with Gasteiger partial charge in [0.05, 0.1) is 6.42 Å². The van der Waals surface area contributed by atoms with E-state index in [1.807, 2.05) is 26.0 Å². The highest BCUT2D eigenvalue weighted by molar-refractivity contribution is 5.67. The topological polar surface area (TPSA) is 65.0 Å². The van der Waals surface area contributed by atoms with Gasteiger partial charge in [-0.25, -0.2) is 9.78 Å². The molecule has 23 heavy (non-hydrogen) atoms. The Morgan fingerprint density at radius 1 is 1.35 bits per heavy atom. The van der Waals surface area contributed by atoms with Crippen molar-refractivity contribution in [3.05, 3.63) is 24.3 Å². The van der Waals surface area contributed by atoms with Gasteiger partial charge in [-0.15, -0.1) is 0 Å². The summed E-state index contributed by atoms with van der Waals surface area (Å²) in [6.07, 6.45) is 13.5. The summed E-state index contributed by atoms with van der Waals surface area (Å²) in [5.41, 5.74) is 0. The Morgan fingerprint density at radius 2 is 2.13 bits per heavy atom. The van der Waals surface area contributed by atoms with Gasteiger partial charge in [0.25, 0.3) is 0 Å². The standard InChI is InChI=1S/C18H30O5/c1-4-5-6-7-8-9-10-11-12-18(21-3)14-15(2)16(22-23-18)13-17(19)20/h4-7,15-16H,8-14H2,1-3H3,(H,19,20). The van der Waals surface area contributed by atoms with Crippen molar-refractivity contribution in [3.8, 4) is 0 Å². The Balaban J connectivity index is 2.31. The zero-order valence-corrected chi connectivity index (χ0v) is 14.5. The average molecular weight is 326 g/mol. The zero-order valence-electron chi connectivity index (χ0n) is 14.5. The minimum Gasteiger partial charge on any atom is -0.481 e. The summed E-state index contributed by atoms with van der Waals surface area (Å²) in [5, 5.41) is 8.87. The van der Waals surface area contributed by atoms with Crippen molar-refractivity contribution in [3.63, 3.8) is 0 Å². The second kappa shape index (κ2) is 10.6. The Kier molecular flexibility index (Phi) is 9.14. The van der Waals surface area contributed by atoms with Gasteiger partial charge >= 0.3 is 5.97 Å². The first-order valence-corrected chi connectivity index (χ1v) is 8.42. The van der Waals surface area contributed by atoms with E-state index in [9.17, 15) is 4.79 Å². The highest BCUT2D eigenvalue weighted by Gasteiger charge is 2.42. The number of allylic oxidation sites excluding steroid dienone is 4. The fourth-order valence-electron chi connectivity index (χ4n) is 2.79. The van der Waals surface area contributed by atoms with Gasteiger partial charge in [0.2, 0.25) is 5.79 Å². The van der Waals surface area contributed by atoms with E-state index in [2.05, 4.69) is 12.2 Å². The molecule has 0 aromatic carbocycles. The van der Waals surface area contributed by atoms with Gasteiger partial charge in [0.1, 0.15) is 6.10 Å². The molecule has 1 aliphatic rings. The van der Waals surface area contributed by atoms with Crippen LogP contribution in [0.4, 0.5) is 0 Å². The summed E-state index contributed by atoms with van der Waals surface area (Å²) in [7, 11) is 1.62. The SMILES string of the molecule is CC=CC=CCCCCCC1(OC)CC(C)C(CC(=O)O)OO1. The molecule has 3 atom stereocenters. The van der Waals surface area contributed by atoms with E-state index >= 15 is 0 Å². The van der Waals surface area contributed by atoms with Crippen LogP contribution in [0.5, 0.6) is 0 Å². The van der Waals surface area contributed by atoms with Crippen LogP contribution in [0.2, 0.25) is 0 Å². The minimum atomic E-state index is -0.874. The van der Waals surface area contributed by atoms with Crippen LogP contribution in [0.1, 0.15) is 58.8 Å². The number of hydrogen-bond donors (Lipinski definition) is 1. The van der Waals surface area contributed by atoms with E-state index in [4.69, 9.17) is 19.6 Å². The predicted octanol–water partition coefficient (Wildman–Crippen LogP) is 4.24. The fourth-order valence-corrected chi connectivity index (χ4v) is 2.79. The molecule has 1 saturated heterocycles. The maximum absolute atomic E-state index is 10.8. The van der Waals surface area contributed by atoms with Gasteiger partial charge in [-0.3, -0.25) is 4.79 Å². The van der Waals surface area contributed by atoms with Crippen LogP contribution in [0.3, 0.4) is 0 Å². The number of rotatable bonds is 10. The van der Waals surface area contributed by atoms with Crippen LogP contribution in [-0.2, 0) is 19.3 Å². The van der Waals surface area contributed by atoms with E-state index < -0.39 is 17.9 Å². The molecule has 0 aromatic heterocycles. The number of carboxylic acid groups (broad SMARTS) is 1. The lowest BCUT2D eigenvalue weighted by Gasteiger charge is -2.40. The molecule has 1 N–H and O–H groups in total. The first-order chi connectivity index (χ1) is 11.0. The molecule has 1 heterocycles. The molecule has 0 amide bonds. The van der Waals surface area contributed by atoms with E-state index in [-0.39, 0.29) is 12.3 Å². The third kappa shape index (κ3) is 7.29. The van der Waals surface area contributed by atoms with Crippen LogP contribution in [0, 0.1) is 5.92 Å². The van der Waals surface area contributed by atoms with Crippen LogP contribution in [-0.4, -0.2) is 30.1 Å². The Hall–Kier alpha value is -1.17. The lowest BCUT2D eigenvalue weighted by atomic mass is 9.90. The summed E-state index contributed by atoms with van der Waals surface area (Å²) in [4.78, 5) is 21.6. The Bertz CT molecular complexity index is 404. The van der Waals surface area contributed by atoms with Crippen molar-refractivity contribution < 1.29 is 24.4 Å². The highest BCUT2D eigenvalue weighted by Crippen LogP contribution is 2.36. The smallest absolute Gasteiger partial charge is 0.306 e. The molecule has 0 aliphatic carbocycles. The highest BCUT2D eigenvalue weighted by atomic mass is 17.2. The predicted molar refractivity (Wildman–Crippen MR) is 88.8 cm³/mol. The number of aliphatic carboxylic acids is 1. The van der Waals surface area contributed by atoms with E-state index in [1.165, 1.54) is 0 Å². The maximum atomic E-state index is 10.8. The summed E-state index contributed by atoms with van der Waals surface area (Å²) in [6.45, 7) is 3.98. The largest absolute Gasteiger partial charge is 0.481 e. The van der Waals surface area contributed by atoms with Gasteiger partial charge in [-0.05, 0) is 32.1 Å². The Morgan fingerprint density at radius 3 is 2.74 bits per heavy atom. The molecule has 0 saturated carbocycles. The number of ether oxygens (including phenoxy) is 1. The normalized spacial score (nSPS) is 28.7. The van der Waals surface area contributed by atoms with Crippen molar-refractivity contribution in [1.29, 1.82) is 0 Å². The molecular formula is C18H30O5. The number of methoxy groups -OCH3 is 1. The third-order valence-corrected chi connectivity index (χ3v) is 4.21. The van der Waals surface area contributed by atoms with Crippen molar-refractivity contribution in [1.82, 2.24) is 0 Å². The lowest BCUT2D eigenvalue weighted by molar-refractivity contribution is -0.475. The molecule has 3 unspecified atom stereocenters. The van der Waals surface area contributed by atoms with Crippen molar-refractivity contribution in [2.45, 2.75) is 70.7 Å². The van der Waals surface area contributed by atoms with Crippen molar-refractivity contribution in [2.24, 2.45) is 5.92 Å². The summed E-state index contributed by atoms with van der Waals surface area (Å²) in [5.74, 6) is -1.53. The van der Waals surface area contributed by atoms with Crippen LogP contribution in [0.25, 0.3) is 0 Å². The quantitative estimate of drug-likeness (QED) is 0.369. The maximum Gasteiger partial charge on any atom is 0.306 e. The number of hydrogen-bond acceptors (Lipinski definition) is 4. The fraction of sp³-hybridized carbons (Fsp3) is 0.722. The zero-order chi connectivity index (χ0) is 17.1. The molecule has 0 bridgehead atoms. The van der Waals surface area contributed by atoms with Crippen molar-refractivity contribution in [2.75, 3.05) is 7.11 Å². The summed E-state index contributed by atoms with van der Waals surface area (Å²) in [6, 6.07) is 0. The van der Waals surface area contributed by atoms with Crippen LogP contribution < -0.4 is 0 Å². The van der Waals surface area contributed by atoms with Gasteiger partial charge in [0, 0.05) is 20.0 Å². The van der Waals surface area contributed by atoms with Crippen molar-refractivity contribution >= 4 is 5.97 Å². The van der Waals surface area contributed by atoms with E-state index in [1.54, 1.807) is 7.11 Å².